The van der Waals surface area contributed by atoms with Crippen molar-refractivity contribution in [2.75, 3.05) is 0 Å². The zero-order valence-electron chi connectivity index (χ0n) is 10.5. The molecule has 0 unspecified atom stereocenters. The molecule has 3 rings (SSSR count). The second-order valence-corrected chi connectivity index (χ2v) is 6.83. The second kappa shape index (κ2) is 7.31. The van der Waals surface area contributed by atoms with Crippen molar-refractivity contribution < 1.29 is 17.0 Å². The zero-order chi connectivity index (χ0) is 13.7. The van der Waals surface area contributed by atoms with Gasteiger partial charge in [0.15, 0.2) is 0 Å². The van der Waals surface area contributed by atoms with E-state index >= 15 is 0 Å². The number of hydrogen-bond donors (Lipinski definition) is 0. The third-order valence-electron chi connectivity index (χ3n) is 3.10. The molecule has 0 N–H and O–H groups in total. The van der Waals surface area contributed by atoms with Crippen molar-refractivity contribution in [3.8, 4) is 11.1 Å². The molecule has 0 nitrogen and oxygen atoms in total. The van der Waals surface area contributed by atoms with Gasteiger partial charge in [0.2, 0.25) is 0 Å². The SMILES string of the molecule is CC1=C[CH]c2ccc(-c3ccccc3)cc21.[Cl][Ti][Cl]. The van der Waals surface area contributed by atoms with Crippen molar-refractivity contribution >= 4 is 24.2 Å². The summed E-state index contributed by atoms with van der Waals surface area (Å²) in [5.74, 6) is 0. The van der Waals surface area contributed by atoms with Gasteiger partial charge in [-0.2, -0.15) is 0 Å². The Kier molecular flexibility index (Phi) is 5.72. The van der Waals surface area contributed by atoms with Crippen LogP contribution in [0.15, 0.2) is 54.6 Å². The quantitative estimate of drug-likeness (QED) is 0.590. The molecule has 2 aromatic rings. The first-order valence-corrected chi connectivity index (χ1v) is 10.2. The van der Waals surface area contributed by atoms with Crippen LogP contribution in [0.3, 0.4) is 0 Å². The van der Waals surface area contributed by atoms with E-state index in [-0.39, 0.29) is 0 Å². The summed E-state index contributed by atoms with van der Waals surface area (Å²) in [6.07, 6.45) is 4.36. The molecule has 3 heteroatoms. The number of benzene rings is 2. The standard InChI is InChI=1S/C16H13.2ClH.Ti/c1-12-7-8-14-9-10-15(11-16(12)14)13-5-3-2-4-6-13;;;/h2-11H,1H3;2*1H;/q;;;+2/p-2. The first kappa shape index (κ1) is 14.9. The zero-order valence-corrected chi connectivity index (χ0v) is 13.6. The van der Waals surface area contributed by atoms with Gasteiger partial charge < -0.3 is 0 Å². The fourth-order valence-corrected chi connectivity index (χ4v) is 2.16. The summed E-state index contributed by atoms with van der Waals surface area (Å²) in [7, 11) is 9.78. The van der Waals surface area contributed by atoms with E-state index in [0.717, 1.165) is 0 Å². The van der Waals surface area contributed by atoms with Crippen molar-refractivity contribution in [2.24, 2.45) is 0 Å². The summed E-state index contributed by atoms with van der Waals surface area (Å²) in [6, 6.07) is 17.2. The average molecular weight is 324 g/mol. The van der Waals surface area contributed by atoms with Gasteiger partial charge in [-0.15, -0.1) is 0 Å². The monoisotopic (exact) mass is 323 g/mol. The molecule has 0 fully saturated rings. The summed E-state index contributed by atoms with van der Waals surface area (Å²) >= 11 is -0.556. The van der Waals surface area contributed by atoms with Crippen molar-refractivity contribution in [3.63, 3.8) is 0 Å². The van der Waals surface area contributed by atoms with Crippen LogP contribution in [0.5, 0.6) is 0 Å². The number of allylic oxidation sites excluding steroid dienone is 2. The summed E-state index contributed by atoms with van der Waals surface area (Å²) in [5.41, 5.74) is 6.62. The van der Waals surface area contributed by atoms with Gasteiger partial charge in [0.05, 0.1) is 0 Å². The van der Waals surface area contributed by atoms with E-state index in [0.29, 0.717) is 0 Å². The molecule has 0 spiro atoms. The van der Waals surface area contributed by atoms with Crippen molar-refractivity contribution in [2.45, 2.75) is 6.92 Å². The number of rotatable bonds is 1. The normalized spacial score (nSPS) is 12.1. The minimum absolute atomic E-state index is 0.556. The Balaban J connectivity index is 0.000000408. The van der Waals surface area contributed by atoms with E-state index in [4.69, 9.17) is 18.6 Å². The van der Waals surface area contributed by atoms with Gasteiger partial charge in [0, 0.05) is 6.42 Å². The second-order valence-electron chi connectivity index (χ2n) is 4.26. The van der Waals surface area contributed by atoms with Crippen LogP contribution in [-0.2, 0) is 17.0 Å². The van der Waals surface area contributed by atoms with Crippen LogP contribution in [0, 0.1) is 6.42 Å². The van der Waals surface area contributed by atoms with Crippen LogP contribution < -0.4 is 0 Å². The van der Waals surface area contributed by atoms with Gasteiger partial charge in [-0.1, -0.05) is 48.5 Å². The Morgan fingerprint density at radius 1 is 0.895 bits per heavy atom. The van der Waals surface area contributed by atoms with E-state index in [9.17, 15) is 0 Å². The van der Waals surface area contributed by atoms with Crippen molar-refractivity contribution in [3.05, 3.63) is 72.2 Å². The first-order valence-electron chi connectivity index (χ1n) is 5.94. The molecule has 0 aromatic heterocycles. The van der Waals surface area contributed by atoms with Gasteiger partial charge in [0.25, 0.3) is 0 Å². The minimum atomic E-state index is -0.556. The van der Waals surface area contributed by atoms with Crippen LogP contribution in [0.4, 0.5) is 0 Å². The molecule has 1 aliphatic rings. The molecule has 0 heterocycles. The predicted octanol–water partition coefficient (Wildman–Crippen LogP) is 5.70. The molecule has 0 amide bonds. The Morgan fingerprint density at radius 3 is 2.26 bits per heavy atom. The van der Waals surface area contributed by atoms with Crippen LogP contribution in [0.25, 0.3) is 16.7 Å². The summed E-state index contributed by atoms with van der Waals surface area (Å²) in [5, 5.41) is 0. The molecule has 95 valence electrons. The maximum absolute atomic E-state index is 4.89. The molecule has 0 bridgehead atoms. The Morgan fingerprint density at radius 2 is 1.58 bits per heavy atom. The molecule has 0 saturated carbocycles. The molecule has 2 aromatic carbocycles. The number of halogens is 2. The van der Waals surface area contributed by atoms with Gasteiger partial charge >= 0.3 is 35.6 Å². The molecule has 0 saturated heterocycles. The van der Waals surface area contributed by atoms with Crippen LogP contribution in [-0.4, -0.2) is 0 Å². The van der Waals surface area contributed by atoms with E-state index in [1.165, 1.54) is 27.8 Å². The van der Waals surface area contributed by atoms with E-state index in [1.54, 1.807) is 0 Å². The van der Waals surface area contributed by atoms with Gasteiger partial charge in [-0.3, -0.25) is 0 Å². The molecule has 1 radical (unpaired) electrons. The maximum atomic E-state index is 4.89. The fourth-order valence-electron chi connectivity index (χ4n) is 2.16. The van der Waals surface area contributed by atoms with Gasteiger partial charge in [-0.25, -0.2) is 0 Å². The molecule has 1 aliphatic carbocycles. The Hall–Kier alpha value is -0.526. The third kappa shape index (κ3) is 3.73. The molecular weight excluding hydrogens is 311 g/mol. The Bertz CT molecular complexity index is 577. The summed E-state index contributed by atoms with van der Waals surface area (Å²) in [4.78, 5) is 0. The molecule has 19 heavy (non-hydrogen) atoms. The Labute approximate surface area is 131 Å². The first-order chi connectivity index (χ1) is 9.26. The van der Waals surface area contributed by atoms with Gasteiger partial charge in [-0.05, 0) is 40.8 Å². The topological polar surface area (TPSA) is 0 Å². The van der Waals surface area contributed by atoms with Crippen LogP contribution in [0.1, 0.15) is 18.1 Å². The van der Waals surface area contributed by atoms with Crippen LogP contribution >= 0.6 is 18.6 Å². The van der Waals surface area contributed by atoms with E-state index in [1.807, 2.05) is 0 Å². The third-order valence-corrected chi connectivity index (χ3v) is 3.10. The molecule has 0 atom stereocenters. The van der Waals surface area contributed by atoms with Crippen molar-refractivity contribution in [1.29, 1.82) is 0 Å². The fraction of sp³-hybridized carbons (Fsp3) is 0.0625. The van der Waals surface area contributed by atoms with E-state index < -0.39 is 17.0 Å². The predicted molar refractivity (Wildman–Crippen MR) is 80.6 cm³/mol. The molecule has 0 aliphatic heterocycles. The van der Waals surface area contributed by atoms with E-state index in [2.05, 4.69) is 68.0 Å². The number of hydrogen-bond acceptors (Lipinski definition) is 0. The average Bonchev–Trinajstić information content (AvgIpc) is 2.82. The molecular formula is C16H13Cl2Ti. The number of fused-ring (bicyclic) bond motifs is 1. The van der Waals surface area contributed by atoms with Gasteiger partial charge in [0.1, 0.15) is 0 Å². The van der Waals surface area contributed by atoms with Crippen LogP contribution in [0.2, 0.25) is 0 Å². The summed E-state index contributed by atoms with van der Waals surface area (Å²) < 4.78 is 0. The van der Waals surface area contributed by atoms with Crippen molar-refractivity contribution in [1.82, 2.24) is 0 Å². The summed E-state index contributed by atoms with van der Waals surface area (Å²) in [6.45, 7) is 2.16.